The Balaban J connectivity index is 1.31. The molecule has 0 N–H and O–H groups in total. The van der Waals surface area contributed by atoms with Crippen LogP contribution >= 0.6 is 0 Å². The Morgan fingerprint density at radius 1 is 0.970 bits per heavy atom. The number of hydrogen-bond acceptors (Lipinski definition) is 5. The van der Waals surface area contributed by atoms with Gasteiger partial charge in [-0.2, -0.15) is 0 Å². The summed E-state index contributed by atoms with van der Waals surface area (Å²) in [7, 11) is 1.66. The molecule has 2 aromatic carbocycles. The van der Waals surface area contributed by atoms with Crippen LogP contribution in [0.15, 0.2) is 72.9 Å². The third-order valence-electron chi connectivity index (χ3n) is 6.37. The lowest BCUT2D eigenvalue weighted by Crippen LogP contribution is -2.49. The lowest BCUT2D eigenvalue weighted by Gasteiger charge is -2.37. The lowest BCUT2D eigenvalue weighted by atomic mass is 10.1. The molecule has 3 aromatic rings. The van der Waals surface area contributed by atoms with Crippen LogP contribution in [0, 0.1) is 0 Å². The number of hydrogen-bond donors (Lipinski definition) is 0. The molecule has 0 radical (unpaired) electrons. The number of para-hydroxylation sites is 1. The number of piperazine rings is 1. The highest BCUT2D eigenvalue weighted by Crippen LogP contribution is 2.38. The van der Waals surface area contributed by atoms with E-state index in [1.807, 2.05) is 53.4 Å². The molecule has 7 heteroatoms. The minimum Gasteiger partial charge on any atom is -0.497 e. The summed E-state index contributed by atoms with van der Waals surface area (Å²) < 4.78 is 5.33. The number of carbonyl (C=O) groups excluding carboxylic acids is 2. The fourth-order valence-electron chi connectivity index (χ4n) is 4.65. The van der Waals surface area contributed by atoms with Crippen LogP contribution in [0.25, 0.3) is 0 Å². The summed E-state index contributed by atoms with van der Waals surface area (Å²) >= 11 is 0. The fraction of sp³-hybridized carbons (Fsp3) is 0.269. The Kier molecular flexibility index (Phi) is 5.69. The molecule has 7 nitrogen and oxygen atoms in total. The number of methoxy groups -OCH3 is 1. The van der Waals surface area contributed by atoms with E-state index >= 15 is 0 Å². The van der Waals surface area contributed by atoms with Crippen LogP contribution in [-0.2, 0) is 4.79 Å². The Bertz CT molecular complexity index is 1160. The molecule has 1 aromatic heterocycles. The van der Waals surface area contributed by atoms with Crippen LogP contribution in [0.3, 0.4) is 0 Å². The number of rotatable bonds is 5. The van der Waals surface area contributed by atoms with E-state index in [-0.39, 0.29) is 18.2 Å². The van der Waals surface area contributed by atoms with Crippen molar-refractivity contribution in [3.8, 4) is 5.75 Å². The van der Waals surface area contributed by atoms with E-state index < -0.39 is 6.04 Å². The zero-order valence-electron chi connectivity index (χ0n) is 18.6. The van der Waals surface area contributed by atoms with Crippen molar-refractivity contribution >= 4 is 23.2 Å². The van der Waals surface area contributed by atoms with Gasteiger partial charge >= 0.3 is 0 Å². The van der Waals surface area contributed by atoms with Gasteiger partial charge in [-0.1, -0.05) is 24.3 Å². The Hall–Kier alpha value is -3.87. The van der Waals surface area contributed by atoms with Crippen LogP contribution in [0.4, 0.5) is 11.4 Å². The topological polar surface area (TPSA) is 66.0 Å². The number of aromatic nitrogens is 1. The number of fused-ring (bicyclic) bond motifs is 1. The van der Waals surface area contributed by atoms with Crippen molar-refractivity contribution < 1.29 is 14.3 Å². The second kappa shape index (κ2) is 8.94. The molecular formula is C26H26N4O3. The van der Waals surface area contributed by atoms with Crippen molar-refractivity contribution in [1.29, 1.82) is 0 Å². The van der Waals surface area contributed by atoms with E-state index in [1.165, 1.54) is 0 Å². The van der Waals surface area contributed by atoms with E-state index in [0.29, 0.717) is 24.3 Å². The minimum atomic E-state index is -0.403. The van der Waals surface area contributed by atoms with E-state index in [4.69, 9.17) is 4.74 Å². The Morgan fingerprint density at radius 3 is 2.48 bits per heavy atom. The first-order valence-electron chi connectivity index (χ1n) is 11.2. The molecular weight excluding hydrogens is 416 g/mol. The van der Waals surface area contributed by atoms with Gasteiger partial charge in [-0.15, -0.1) is 0 Å². The maximum atomic E-state index is 13.3. The molecule has 2 aliphatic heterocycles. The SMILES string of the molecule is COc1cccc(N2CCN(C(=O)C[C@@H]3c4ncccc4C(=O)N3c3ccccc3)CC2)c1. The highest BCUT2D eigenvalue weighted by Gasteiger charge is 2.40. The molecule has 0 aliphatic carbocycles. The average Bonchev–Trinajstić information content (AvgIpc) is 3.16. The van der Waals surface area contributed by atoms with Gasteiger partial charge in [0.05, 0.1) is 30.8 Å². The molecule has 2 aliphatic rings. The summed E-state index contributed by atoms with van der Waals surface area (Å²) in [5.74, 6) is 0.756. The maximum Gasteiger partial charge on any atom is 0.260 e. The molecule has 0 saturated carbocycles. The summed E-state index contributed by atoms with van der Waals surface area (Å²) in [6.07, 6.45) is 1.90. The van der Waals surface area contributed by atoms with Gasteiger partial charge in [0.25, 0.3) is 5.91 Å². The molecule has 0 spiro atoms. The van der Waals surface area contributed by atoms with Gasteiger partial charge in [-0.3, -0.25) is 19.5 Å². The largest absolute Gasteiger partial charge is 0.497 e. The first-order chi connectivity index (χ1) is 16.2. The molecule has 2 amide bonds. The predicted molar refractivity (Wildman–Crippen MR) is 127 cm³/mol. The third kappa shape index (κ3) is 4.02. The summed E-state index contributed by atoms with van der Waals surface area (Å²) in [5, 5.41) is 0. The summed E-state index contributed by atoms with van der Waals surface area (Å²) in [6.45, 7) is 2.77. The van der Waals surface area contributed by atoms with Crippen LogP contribution < -0.4 is 14.5 Å². The normalized spacial score (nSPS) is 17.8. The van der Waals surface area contributed by atoms with Crippen LogP contribution in [-0.4, -0.2) is 55.0 Å². The number of nitrogens with zero attached hydrogens (tertiary/aromatic N) is 4. The summed E-state index contributed by atoms with van der Waals surface area (Å²) in [5.41, 5.74) is 3.12. The van der Waals surface area contributed by atoms with Gasteiger partial charge in [-0.25, -0.2) is 0 Å². The average molecular weight is 443 g/mol. The van der Waals surface area contributed by atoms with Crippen molar-refractivity contribution in [3.05, 3.63) is 84.2 Å². The van der Waals surface area contributed by atoms with Crippen molar-refractivity contribution in [2.75, 3.05) is 43.1 Å². The van der Waals surface area contributed by atoms with Crippen molar-refractivity contribution in [3.63, 3.8) is 0 Å². The number of amides is 2. The van der Waals surface area contributed by atoms with E-state index in [0.717, 1.165) is 30.2 Å². The second-order valence-electron chi connectivity index (χ2n) is 8.24. The summed E-state index contributed by atoms with van der Waals surface area (Å²) in [4.78, 5) is 36.8. The van der Waals surface area contributed by atoms with Crippen LogP contribution in [0.2, 0.25) is 0 Å². The van der Waals surface area contributed by atoms with Gasteiger partial charge in [-0.05, 0) is 36.4 Å². The first-order valence-corrected chi connectivity index (χ1v) is 11.2. The molecule has 0 unspecified atom stereocenters. The van der Waals surface area contributed by atoms with Gasteiger partial charge in [0, 0.05) is 49.8 Å². The van der Waals surface area contributed by atoms with E-state index in [2.05, 4.69) is 16.0 Å². The molecule has 3 heterocycles. The van der Waals surface area contributed by atoms with E-state index in [9.17, 15) is 9.59 Å². The summed E-state index contributed by atoms with van der Waals surface area (Å²) in [6, 6.07) is 20.6. The third-order valence-corrected chi connectivity index (χ3v) is 6.37. The highest BCUT2D eigenvalue weighted by molar-refractivity contribution is 6.11. The lowest BCUT2D eigenvalue weighted by molar-refractivity contribution is -0.131. The smallest absolute Gasteiger partial charge is 0.260 e. The number of benzene rings is 2. The standard InChI is InChI=1S/C26H26N4O3/c1-33-21-10-5-9-20(17-21)28-13-15-29(16-14-28)24(31)18-23-25-22(11-6-12-27-25)26(32)30(23)19-7-3-2-4-8-19/h2-12,17,23H,13-16,18H2,1H3/t23-/m1/s1. The molecule has 1 fully saturated rings. The van der Waals surface area contributed by atoms with Crippen molar-refractivity contribution in [2.45, 2.75) is 12.5 Å². The fourth-order valence-corrected chi connectivity index (χ4v) is 4.65. The van der Waals surface area contributed by atoms with Crippen molar-refractivity contribution in [2.24, 2.45) is 0 Å². The molecule has 1 atom stereocenters. The second-order valence-corrected chi connectivity index (χ2v) is 8.24. The monoisotopic (exact) mass is 442 g/mol. The molecule has 5 rings (SSSR count). The van der Waals surface area contributed by atoms with Gasteiger partial charge in [0.1, 0.15) is 5.75 Å². The predicted octanol–water partition coefficient (Wildman–Crippen LogP) is 3.53. The number of ether oxygens (including phenoxy) is 1. The van der Waals surface area contributed by atoms with Crippen LogP contribution in [0.1, 0.15) is 28.5 Å². The minimum absolute atomic E-state index is 0.0394. The van der Waals surface area contributed by atoms with Crippen molar-refractivity contribution in [1.82, 2.24) is 9.88 Å². The Labute approximate surface area is 193 Å². The van der Waals surface area contributed by atoms with Gasteiger partial charge in [0.2, 0.25) is 5.91 Å². The van der Waals surface area contributed by atoms with Gasteiger partial charge in [0.15, 0.2) is 0 Å². The van der Waals surface area contributed by atoms with E-state index in [1.54, 1.807) is 30.3 Å². The number of pyridine rings is 1. The zero-order valence-corrected chi connectivity index (χ0v) is 18.6. The highest BCUT2D eigenvalue weighted by atomic mass is 16.5. The number of anilines is 2. The molecule has 1 saturated heterocycles. The number of carbonyl (C=O) groups is 2. The molecule has 33 heavy (non-hydrogen) atoms. The molecule has 0 bridgehead atoms. The Morgan fingerprint density at radius 2 is 1.73 bits per heavy atom. The van der Waals surface area contributed by atoms with Gasteiger partial charge < -0.3 is 14.5 Å². The maximum absolute atomic E-state index is 13.3. The first kappa shape index (κ1) is 21.0. The van der Waals surface area contributed by atoms with Crippen LogP contribution in [0.5, 0.6) is 5.75 Å². The molecule has 168 valence electrons. The zero-order chi connectivity index (χ0) is 22.8. The quantitative estimate of drug-likeness (QED) is 0.605.